The molecule has 27 heavy (non-hydrogen) atoms. The summed E-state index contributed by atoms with van der Waals surface area (Å²) in [6.45, 7) is 3.03. The summed E-state index contributed by atoms with van der Waals surface area (Å²) in [5.41, 5.74) is 6.77. The van der Waals surface area contributed by atoms with Crippen LogP contribution in [-0.2, 0) is 23.2 Å². The molecular formula is C19H27N5O3. The quantitative estimate of drug-likeness (QED) is 0.669. The van der Waals surface area contributed by atoms with Crippen LogP contribution in [0.1, 0.15) is 19.3 Å². The fourth-order valence-electron chi connectivity index (χ4n) is 3.74. The predicted molar refractivity (Wildman–Crippen MR) is 103 cm³/mol. The highest BCUT2D eigenvalue weighted by atomic mass is 16.2. The molecule has 1 unspecified atom stereocenters. The average Bonchev–Trinajstić information content (AvgIpc) is 2.91. The molecule has 0 saturated carbocycles. The molecule has 146 valence electrons. The van der Waals surface area contributed by atoms with Gasteiger partial charge in [-0.05, 0) is 44.5 Å². The summed E-state index contributed by atoms with van der Waals surface area (Å²) in [7, 11) is 1.71. The van der Waals surface area contributed by atoms with Crippen molar-refractivity contribution >= 4 is 22.8 Å². The summed E-state index contributed by atoms with van der Waals surface area (Å²) in [6, 6.07) is 7.43. The molecule has 1 aliphatic heterocycles. The number of carbonyl (C=O) groups excluding carboxylic acids is 2. The largest absolute Gasteiger partial charge is 0.369 e. The molecule has 3 N–H and O–H groups in total. The molecule has 1 atom stereocenters. The Morgan fingerprint density at radius 3 is 2.74 bits per heavy atom. The maximum atomic E-state index is 12.3. The van der Waals surface area contributed by atoms with Crippen LogP contribution < -0.4 is 16.7 Å². The molecule has 8 nitrogen and oxygen atoms in total. The zero-order valence-corrected chi connectivity index (χ0v) is 15.7. The number of piperidine rings is 1. The number of hydrogen-bond donors (Lipinski definition) is 2. The lowest BCUT2D eigenvalue weighted by Gasteiger charge is -2.31. The second-order valence-electron chi connectivity index (χ2n) is 7.16. The van der Waals surface area contributed by atoms with Crippen molar-refractivity contribution in [1.82, 2.24) is 19.4 Å². The third-order valence-electron chi connectivity index (χ3n) is 5.23. The molecule has 3 rings (SSSR count). The average molecular weight is 373 g/mol. The molecule has 0 bridgehead atoms. The van der Waals surface area contributed by atoms with Gasteiger partial charge in [-0.3, -0.25) is 18.7 Å². The maximum absolute atomic E-state index is 12.3. The number of rotatable bonds is 7. The zero-order valence-electron chi connectivity index (χ0n) is 15.7. The van der Waals surface area contributed by atoms with Gasteiger partial charge in [-0.15, -0.1) is 0 Å². The number of nitrogens with two attached hydrogens (primary N) is 1. The smallest absolute Gasteiger partial charge is 0.329 e. The van der Waals surface area contributed by atoms with Gasteiger partial charge in [0.15, 0.2) is 0 Å². The van der Waals surface area contributed by atoms with Gasteiger partial charge < -0.3 is 16.0 Å². The number of nitrogens with zero attached hydrogens (tertiary/aromatic N) is 3. The molecule has 0 radical (unpaired) electrons. The SMILES string of the molecule is Cn1c(=O)n(CC(=O)NCCCN2CCCC(C(N)=O)C2)c2ccccc21. The highest BCUT2D eigenvalue weighted by Crippen LogP contribution is 2.16. The molecular weight excluding hydrogens is 346 g/mol. The minimum absolute atomic E-state index is 0.00759. The minimum Gasteiger partial charge on any atom is -0.369 e. The van der Waals surface area contributed by atoms with Crippen molar-refractivity contribution in [1.29, 1.82) is 0 Å². The maximum Gasteiger partial charge on any atom is 0.329 e. The lowest BCUT2D eigenvalue weighted by molar-refractivity contribution is -0.123. The first kappa shape index (κ1) is 19.2. The van der Waals surface area contributed by atoms with Gasteiger partial charge in [0.25, 0.3) is 0 Å². The molecule has 2 heterocycles. The van der Waals surface area contributed by atoms with Gasteiger partial charge in [0.1, 0.15) is 6.54 Å². The van der Waals surface area contributed by atoms with Gasteiger partial charge in [0, 0.05) is 20.1 Å². The minimum atomic E-state index is -0.228. The second-order valence-corrected chi connectivity index (χ2v) is 7.16. The van der Waals surface area contributed by atoms with Crippen LogP contribution >= 0.6 is 0 Å². The standard InChI is InChI=1S/C19H27N5O3/c1-22-15-7-2-3-8-16(15)24(19(22)27)13-17(25)21-9-5-11-23-10-4-6-14(12-23)18(20)26/h2-3,7-8,14H,4-6,9-13H2,1H3,(H2,20,26)(H,21,25). The summed E-state index contributed by atoms with van der Waals surface area (Å²) < 4.78 is 3.04. The molecule has 2 amide bonds. The molecule has 1 saturated heterocycles. The molecule has 1 aromatic heterocycles. The van der Waals surface area contributed by atoms with Crippen molar-refractivity contribution < 1.29 is 9.59 Å². The highest BCUT2D eigenvalue weighted by molar-refractivity contribution is 5.80. The van der Waals surface area contributed by atoms with Gasteiger partial charge in [-0.25, -0.2) is 4.79 Å². The van der Waals surface area contributed by atoms with Gasteiger partial charge >= 0.3 is 5.69 Å². The topological polar surface area (TPSA) is 102 Å². The van der Waals surface area contributed by atoms with Crippen LogP contribution in [0.3, 0.4) is 0 Å². The van der Waals surface area contributed by atoms with Gasteiger partial charge in [-0.1, -0.05) is 12.1 Å². The van der Waals surface area contributed by atoms with E-state index < -0.39 is 0 Å². The van der Waals surface area contributed by atoms with E-state index in [1.165, 1.54) is 4.57 Å². The highest BCUT2D eigenvalue weighted by Gasteiger charge is 2.23. The number of benzene rings is 1. The van der Waals surface area contributed by atoms with Crippen LogP contribution in [0.4, 0.5) is 0 Å². The lowest BCUT2D eigenvalue weighted by Crippen LogP contribution is -2.42. The number of nitrogens with one attached hydrogen (secondary N) is 1. The summed E-state index contributed by atoms with van der Waals surface area (Å²) in [4.78, 5) is 38.1. The molecule has 1 aromatic carbocycles. The first-order chi connectivity index (χ1) is 13.0. The van der Waals surface area contributed by atoms with Gasteiger partial charge in [0.2, 0.25) is 11.8 Å². The van der Waals surface area contributed by atoms with E-state index in [0.29, 0.717) is 13.1 Å². The van der Waals surface area contributed by atoms with Crippen LogP contribution in [-0.4, -0.2) is 52.0 Å². The van der Waals surface area contributed by atoms with Crippen molar-refractivity contribution in [3.63, 3.8) is 0 Å². The number of amides is 2. The van der Waals surface area contributed by atoms with E-state index in [1.54, 1.807) is 11.6 Å². The fourth-order valence-corrected chi connectivity index (χ4v) is 3.74. The van der Waals surface area contributed by atoms with E-state index in [9.17, 15) is 14.4 Å². The molecule has 0 spiro atoms. The third kappa shape index (κ3) is 4.39. The Morgan fingerprint density at radius 2 is 2.00 bits per heavy atom. The molecule has 2 aromatic rings. The van der Waals surface area contributed by atoms with E-state index >= 15 is 0 Å². The summed E-state index contributed by atoms with van der Waals surface area (Å²) in [5.74, 6) is -0.470. The monoisotopic (exact) mass is 373 g/mol. The van der Waals surface area contributed by atoms with Gasteiger partial charge in [-0.2, -0.15) is 0 Å². The fraction of sp³-hybridized carbons (Fsp3) is 0.526. The van der Waals surface area contributed by atoms with E-state index in [-0.39, 0.29) is 30.0 Å². The summed E-state index contributed by atoms with van der Waals surface area (Å²) in [6.07, 6.45) is 2.63. The number of carbonyl (C=O) groups is 2. The van der Waals surface area contributed by atoms with Crippen LogP contribution in [0.25, 0.3) is 11.0 Å². The van der Waals surface area contributed by atoms with Crippen molar-refractivity contribution in [3.8, 4) is 0 Å². The number of para-hydroxylation sites is 2. The Kier molecular flexibility index (Phi) is 5.95. The Morgan fingerprint density at radius 1 is 1.26 bits per heavy atom. The summed E-state index contributed by atoms with van der Waals surface area (Å²) in [5, 5.41) is 2.88. The zero-order chi connectivity index (χ0) is 19.4. The van der Waals surface area contributed by atoms with E-state index in [2.05, 4.69) is 10.2 Å². The number of likely N-dealkylation sites (tertiary alicyclic amines) is 1. The Labute approximate surface area is 157 Å². The number of aryl methyl sites for hydroxylation is 1. The van der Waals surface area contributed by atoms with Crippen LogP contribution in [0, 0.1) is 5.92 Å². The first-order valence-corrected chi connectivity index (χ1v) is 9.40. The number of hydrogen-bond acceptors (Lipinski definition) is 4. The van der Waals surface area contributed by atoms with Crippen LogP contribution in [0.5, 0.6) is 0 Å². The molecule has 1 fully saturated rings. The normalized spacial score (nSPS) is 17.9. The Hall–Kier alpha value is -2.61. The number of fused-ring (bicyclic) bond motifs is 1. The third-order valence-corrected chi connectivity index (χ3v) is 5.23. The van der Waals surface area contributed by atoms with Crippen LogP contribution in [0.2, 0.25) is 0 Å². The van der Waals surface area contributed by atoms with Crippen LogP contribution in [0.15, 0.2) is 29.1 Å². The second kappa shape index (κ2) is 8.39. The van der Waals surface area contributed by atoms with Gasteiger partial charge in [0.05, 0.1) is 17.0 Å². The Balaban J connectivity index is 1.48. The predicted octanol–water partition coefficient (Wildman–Crippen LogP) is 0.0436. The number of aromatic nitrogens is 2. The number of imidazole rings is 1. The van der Waals surface area contributed by atoms with E-state index in [1.807, 2.05) is 24.3 Å². The van der Waals surface area contributed by atoms with E-state index in [4.69, 9.17) is 5.73 Å². The summed E-state index contributed by atoms with van der Waals surface area (Å²) >= 11 is 0. The lowest BCUT2D eigenvalue weighted by atomic mass is 9.97. The van der Waals surface area contributed by atoms with Crippen molar-refractivity contribution in [2.24, 2.45) is 18.7 Å². The first-order valence-electron chi connectivity index (χ1n) is 9.40. The van der Waals surface area contributed by atoms with E-state index in [0.717, 1.165) is 43.4 Å². The molecule has 0 aliphatic carbocycles. The van der Waals surface area contributed by atoms with Crippen molar-refractivity contribution in [2.75, 3.05) is 26.2 Å². The Bertz CT molecular complexity index is 885. The van der Waals surface area contributed by atoms with Crippen molar-refractivity contribution in [3.05, 3.63) is 34.7 Å². The molecule has 8 heteroatoms. The van der Waals surface area contributed by atoms with Crippen molar-refractivity contribution in [2.45, 2.75) is 25.8 Å². The number of primary amides is 1. The molecule has 1 aliphatic rings.